The Morgan fingerprint density at radius 2 is 1.94 bits per heavy atom. The van der Waals surface area contributed by atoms with Gasteiger partial charge in [-0.3, -0.25) is 4.98 Å². The van der Waals surface area contributed by atoms with Crippen molar-refractivity contribution in [3.8, 4) is 5.75 Å². The number of benzene rings is 1. The van der Waals surface area contributed by atoms with Crippen LogP contribution in [0, 0.1) is 0 Å². The molecule has 0 saturated heterocycles. The second kappa shape index (κ2) is 6.17. The number of aromatic nitrogens is 1. The van der Waals surface area contributed by atoms with Crippen molar-refractivity contribution in [1.29, 1.82) is 0 Å². The highest BCUT2D eigenvalue weighted by Gasteiger charge is 2.08. The van der Waals surface area contributed by atoms with Crippen LogP contribution in [0.3, 0.4) is 0 Å². The molecule has 0 aliphatic rings. The molecule has 0 aliphatic heterocycles. The normalized spacial score (nSPS) is 12.1. The lowest BCUT2D eigenvalue weighted by Gasteiger charge is -2.11. The lowest BCUT2D eigenvalue weighted by Crippen LogP contribution is -2.83. The predicted molar refractivity (Wildman–Crippen MR) is 71.3 cm³/mol. The Labute approximate surface area is 108 Å². The summed E-state index contributed by atoms with van der Waals surface area (Å²) < 4.78 is 5.16. The van der Waals surface area contributed by atoms with Crippen molar-refractivity contribution >= 4 is 0 Å². The van der Waals surface area contributed by atoms with E-state index in [9.17, 15) is 0 Å². The van der Waals surface area contributed by atoms with Crippen LogP contribution in [-0.2, 0) is 6.54 Å². The SMILES string of the molecule is COc1ccc([C@@H](C)[NH2+]Cc2ccccn2)cc1. The third-order valence-corrected chi connectivity index (χ3v) is 3.05. The molecule has 1 heterocycles. The molecule has 18 heavy (non-hydrogen) atoms. The maximum Gasteiger partial charge on any atom is 0.119 e. The Balaban J connectivity index is 1.93. The van der Waals surface area contributed by atoms with Crippen molar-refractivity contribution in [2.24, 2.45) is 0 Å². The van der Waals surface area contributed by atoms with E-state index in [0.717, 1.165) is 18.0 Å². The van der Waals surface area contributed by atoms with Crippen LogP contribution >= 0.6 is 0 Å². The summed E-state index contributed by atoms with van der Waals surface area (Å²) >= 11 is 0. The van der Waals surface area contributed by atoms with Gasteiger partial charge >= 0.3 is 0 Å². The molecule has 3 heteroatoms. The van der Waals surface area contributed by atoms with Gasteiger partial charge in [0.2, 0.25) is 0 Å². The second-order valence-corrected chi connectivity index (χ2v) is 4.32. The Morgan fingerprint density at radius 3 is 2.56 bits per heavy atom. The van der Waals surface area contributed by atoms with Gasteiger partial charge in [0.25, 0.3) is 0 Å². The van der Waals surface area contributed by atoms with Gasteiger partial charge in [0.05, 0.1) is 12.8 Å². The summed E-state index contributed by atoms with van der Waals surface area (Å²) in [7, 11) is 1.69. The fourth-order valence-corrected chi connectivity index (χ4v) is 1.86. The summed E-state index contributed by atoms with van der Waals surface area (Å²) in [6.45, 7) is 3.10. The van der Waals surface area contributed by atoms with Crippen molar-refractivity contribution < 1.29 is 10.1 Å². The molecule has 1 aromatic carbocycles. The van der Waals surface area contributed by atoms with Gasteiger partial charge in [-0.1, -0.05) is 6.07 Å². The van der Waals surface area contributed by atoms with E-state index >= 15 is 0 Å². The predicted octanol–water partition coefficient (Wildman–Crippen LogP) is 1.91. The Hall–Kier alpha value is -1.87. The quantitative estimate of drug-likeness (QED) is 0.871. The summed E-state index contributed by atoms with van der Waals surface area (Å²) in [6.07, 6.45) is 1.83. The monoisotopic (exact) mass is 243 g/mol. The fourth-order valence-electron chi connectivity index (χ4n) is 1.86. The highest BCUT2D eigenvalue weighted by atomic mass is 16.5. The first-order valence-electron chi connectivity index (χ1n) is 6.17. The van der Waals surface area contributed by atoms with Crippen LogP contribution in [0.5, 0.6) is 5.75 Å². The molecule has 0 radical (unpaired) electrons. The van der Waals surface area contributed by atoms with Crippen LogP contribution in [-0.4, -0.2) is 12.1 Å². The van der Waals surface area contributed by atoms with Gasteiger partial charge in [0, 0.05) is 11.8 Å². The van der Waals surface area contributed by atoms with E-state index in [0.29, 0.717) is 6.04 Å². The van der Waals surface area contributed by atoms with Gasteiger partial charge in [-0.05, 0) is 43.3 Å². The minimum Gasteiger partial charge on any atom is -0.497 e. The van der Waals surface area contributed by atoms with Gasteiger partial charge in [-0.2, -0.15) is 0 Å². The van der Waals surface area contributed by atoms with Crippen molar-refractivity contribution in [3.63, 3.8) is 0 Å². The summed E-state index contributed by atoms with van der Waals surface area (Å²) in [4.78, 5) is 4.32. The minimum atomic E-state index is 0.415. The molecule has 1 aromatic heterocycles. The third-order valence-electron chi connectivity index (χ3n) is 3.05. The van der Waals surface area contributed by atoms with Gasteiger partial charge in [-0.25, -0.2) is 0 Å². The lowest BCUT2D eigenvalue weighted by molar-refractivity contribution is -0.708. The molecule has 0 bridgehead atoms. The Kier molecular flexibility index (Phi) is 4.31. The van der Waals surface area contributed by atoms with E-state index in [4.69, 9.17) is 4.74 Å². The van der Waals surface area contributed by atoms with E-state index in [1.807, 2.05) is 30.5 Å². The van der Waals surface area contributed by atoms with Gasteiger partial charge in [0.1, 0.15) is 18.3 Å². The second-order valence-electron chi connectivity index (χ2n) is 4.32. The molecule has 0 amide bonds. The molecule has 0 fully saturated rings. The van der Waals surface area contributed by atoms with Gasteiger partial charge in [-0.15, -0.1) is 0 Å². The van der Waals surface area contributed by atoms with E-state index in [2.05, 4.69) is 35.4 Å². The molecule has 3 nitrogen and oxygen atoms in total. The number of hydrogen-bond donors (Lipinski definition) is 1. The first-order valence-corrected chi connectivity index (χ1v) is 6.17. The zero-order chi connectivity index (χ0) is 12.8. The first kappa shape index (κ1) is 12.6. The molecule has 0 spiro atoms. The van der Waals surface area contributed by atoms with Crippen LogP contribution in [0.25, 0.3) is 0 Å². The molecule has 1 atom stereocenters. The average molecular weight is 243 g/mol. The van der Waals surface area contributed by atoms with Crippen LogP contribution in [0.1, 0.15) is 24.2 Å². The third kappa shape index (κ3) is 3.31. The summed E-state index contributed by atoms with van der Waals surface area (Å²) in [5.41, 5.74) is 2.41. The number of pyridine rings is 1. The van der Waals surface area contributed by atoms with Gasteiger partial charge < -0.3 is 10.1 Å². The molecule has 2 N–H and O–H groups in total. The summed E-state index contributed by atoms with van der Waals surface area (Å²) in [5.74, 6) is 0.899. The number of quaternary nitrogens is 1. The largest absolute Gasteiger partial charge is 0.497 e. The Morgan fingerprint density at radius 1 is 1.17 bits per heavy atom. The molecule has 2 aromatic rings. The van der Waals surface area contributed by atoms with Crippen LogP contribution in [0.15, 0.2) is 48.7 Å². The molecular weight excluding hydrogens is 224 g/mol. The van der Waals surface area contributed by atoms with Crippen molar-refractivity contribution in [1.82, 2.24) is 4.98 Å². The van der Waals surface area contributed by atoms with E-state index < -0.39 is 0 Å². The smallest absolute Gasteiger partial charge is 0.119 e. The van der Waals surface area contributed by atoms with Crippen LogP contribution in [0.2, 0.25) is 0 Å². The lowest BCUT2D eigenvalue weighted by atomic mass is 10.1. The molecule has 0 aliphatic carbocycles. The first-order chi connectivity index (χ1) is 8.79. The van der Waals surface area contributed by atoms with Crippen LogP contribution < -0.4 is 10.1 Å². The number of nitrogens with zero attached hydrogens (tertiary/aromatic N) is 1. The minimum absolute atomic E-state index is 0.415. The highest BCUT2D eigenvalue weighted by molar-refractivity contribution is 5.27. The molecular formula is C15H19N2O+. The van der Waals surface area contributed by atoms with E-state index in [-0.39, 0.29) is 0 Å². The van der Waals surface area contributed by atoms with Crippen molar-refractivity contribution in [3.05, 3.63) is 59.9 Å². The maximum atomic E-state index is 5.16. The highest BCUT2D eigenvalue weighted by Crippen LogP contribution is 2.14. The molecule has 0 unspecified atom stereocenters. The average Bonchev–Trinajstić information content (AvgIpc) is 2.46. The fraction of sp³-hybridized carbons (Fsp3) is 0.267. The van der Waals surface area contributed by atoms with Crippen LogP contribution in [0.4, 0.5) is 0 Å². The van der Waals surface area contributed by atoms with E-state index in [1.165, 1.54) is 5.56 Å². The standard InChI is InChI=1S/C15H18N2O/c1-12(13-6-8-15(18-2)9-7-13)17-11-14-5-3-4-10-16-14/h3-10,12,17H,11H2,1-2H3/p+1/t12-/m1/s1. The number of rotatable bonds is 5. The molecule has 2 rings (SSSR count). The number of ether oxygens (including phenoxy) is 1. The number of methoxy groups -OCH3 is 1. The molecule has 94 valence electrons. The maximum absolute atomic E-state index is 5.16. The number of nitrogens with two attached hydrogens (primary N) is 1. The zero-order valence-electron chi connectivity index (χ0n) is 10.8. The van der Waals surface area contributed by atoms with Crippen molar-refractivity contribution in [2.75, 3.05) is 7.11 Å². The topological polar surface area (TPSA) is 38.7 Å². The number of hydrogen-bond acceptors (Lipinski definition) is 2. The Bertz CT molecular complexity index is 468. The zero-order valence-corrected chi connectivity index (χ0v) is 10.8. The van der Waals surface area contributed by atoms with E-state index in [1.54, 1.807) is 7.11 Å². The molecule has 0 saturated carbocycles. The summed E-state index contributed by atoms with van der Waals surface area (Å²) in [6, 6.07) is 14.7. The summed E-state index contributed by atoms with van der Waals surface area (Å²) in [5, 5.41) is 2.28. The van der Waals surface area contributed by atoms with Gasteiger partial charge in [0.15, 0.2) is 0 Å². The van der Waals surface area contributed by atoms with Crippen molar-refractivity contribution in [2.45, 2.75) is 19.5 Å².